The van der Waals surface area contributed by atoms with Crippen LogP contribution in [-0.2, 0) is 13.0 Å². The number of carbonyl (C=O) groups excluding carboxylic acids is 1. The quantitative estimate of drug-likeness (QED) is 0.861. The molecule has 0 bridgehead atoms. The predicted molar refractivity (Wildman–Crippen MR) is 95.2 cm³/mol. The summed E-state index contributed by atoms with van der Waals surface area (Å²) in [6.07, 6.45) is 1.77. The van der Waals surface area contributed by atoms with E-state index in [-0.39, 0.29) is 30.2 Å². The van der Waals surface area contributed by atoms with Gasteiger partial charge in [0.15, 0.2) is 5.69 Å². The second-order valence-corrected chi connectivity index (χ2v) is 6.72. The summed E-state index contributed by atoms with van der Waals surface area (Å²) in [6, 6.07) is 6.48. The maximum atomic E-state index is 13.6. The first kappa shape index (κ1) is 17.9. The third kappa shape index (κ3) is 3.16. The van der Waals surface area contributed by atoms with Gasteiger partial charge in [0.2, 0.25) is 0 Å². The first-order chi connectivity index (χ1) is 11.6. The highest BCUT2D eigenvalue weighted by molar-refractivity contribution is 5.94. The Morgan fingerprint density at radius 2 is 2.24 bits per heavy atom. The van der Waals surface area contributed by atoms with Crippen LogP contribution in [0, 0.1) is 11.7 Å². The summed E-state index contributed by atoms with van der Waals surface area (Å²) in [6.45, 7) is 4.36. The standard InChI is InChI=1S/C18H21FN4O.ClH/c1-11-6-8-23(17(11)12-3-2-4-13(19)9-12)18(24)16-14-10-20-7-5-15(14)21-22-16;/h2-4,9,11,17,20H,5-8,10H2,1H3,(H,21,22);1H. The lowest BCUT2D eigenvalue weighted by Crippen LogP contribution is -2.33. The molecule has 2 aliphatic rings. The number of H-pyrrole nitrogens is 1. The van der Waals surface area contributed by atoms with Gasteiger partial charge in [0.1, 0.15) is 5.82 Å². The molecular formula is C18H22ClFN4O. The Morgan fingerprint density at radius 1 is 1.40 bits per heavy atom. The predicted octanol–water partition coefficient (Wildman–Crippen LogP) is 2.84. The fraction of sp³-hybridized carbons (Fsp3) is 0.444. The normalized spacial score (nSPS) is 22.4. The minimum absolute atomic E-state index is 0. The zero-order chi connectivity index (χ0) is 16.7. The maximum absolute atomic E-state index is 13.6. The van der Waals surface area contributed by atoms with Crippen molar-refractivity contribution in [1.29, 1.82) is 0 Å². The number of carbonyl (C=O) groups is 1. The van der Waals surface area contributed by atoms with Gasteiger partial charge in [-0.3, -0.25) is 9.89 Å². The number of aromatic nitrogens is 2. The molecule has 2 atom stereocenters. The maximum Gasteiger partial charge on any atom is 0.275 e. The second kappa shape index (κ2) is 7.14. The van der Waals surface area contributed by atoms with Crippen LogP contribution in [0.1, 0.15) is 46.7 Å². The van der Waals surface area contributed by atoms with E-state index in [1.54, 1.807) is 6.07 Å². The Kier molecular flexibility index (Phi) is 5.11. The van der Waals surface area contributed by atoms with Gasteiger partial charge in [0.25, 0.3) is 5.91 Å². The third-order valence-corrected chi connectivity index (χ3v) is 5.16. The van der Waals surface area contributed by atoms with Gasteiger partial charge in [-0.2, -0.15) is 5.10 Å². The van der Waals surface area contributed by atoms with Gasteiger partial charge in [-0.15, -0.1) is 12.4 Å². The van der Waals surface area contributed by atoms with Crippen molar-refractivity contribution in [3.63, 3.8) is 0 Å². The molecule has 5 nitrogen and oxygen atoms in total. The molecule has 7 heteroatoms. The van der Waals surface area contributed by atoms with Gasteiger partial charge in [-0.05, 0) is 30.0 Å². The fourth-order valence-electron chi connectivity index (χ4n) is 3.91. The van der Waals surface area contributed by atoms with Crippen LogP contribution in [0.25, 0.3) is 0 Å². The second-order valence-electron chi connectivity index (χ2n) is 6.72. The molecule has 0 radical (unpaired) electrons. The summed E-state index contributed by atoms with van der Waals surface area (Å²) in [5.41, 5.74) is 3.39. The van der Waals surface area contributed by atoms with Crippen molar-refractivity contribution >= 4 is 18.3 Å². The molecule has 1 saturated heterocycles. The molecule has 1 aromatic carbocycles. The molecule has 134 valence electrons. The van der Waals surface area contributed by atoms with E-state index in [2.05, 4.69) is 22.4 Å². The van der Waals surface area contributed by atoms with Crippen LogP contribution in [0.4, 0.5) is 4.39 Å². The number of aromatic amines is 1. The Labute approximate surface area is 152 Å². The highest BCUT2D eigenvalue weighted by Gasteiger charge is 2.38. The summed E-state index contributed by atoms with van der Waals surface area (Å²) >= 11 is 0. The Hall–Kier alpha value is -1.92. The van der Waals surface area contributed by atoms with Crippen LogP contribution in [0.3, 0.4) is 0 Å². The van der Waals surface area contributed by atoms with Crippen molar-refractivity contribution in [1.82, 2.24) is 20.4 Å². The largest absolute Gasteiger partial charge is 0.330 e. The van der Waals surface area contributed by atoms with Gasteiger partial charge in [-0.25, -0.2) is 4.39 Å². The number of likely N-dealkylation sites (tertiary alicyclic amines) is 1. The molecule has 2 aromatic rings. The molecule has 2 aliphatic heterocycles. The van der Waals surface area contributed by atoms with Crippen LogP contribution in [-0.4, -0.2) is 34.1 Å². The summed E-state index contributed by atoms with van der Waals surface area (Å²) in [4.78, 5) is 15.0. The minimum Gasteiger partial charge on any atom is -0.330 e. The van der Waals surface area contributed by atoms with Crippen molar-refractivity contribution in [2.24, 2.45) is 5.92 Å². The smallest absolute Gasteiger partial charge is 0.275 e. The lowest BCUT2D eigenvalue weighted by molar-refractivity contribution is 0.0713. The fourth-order valence-corrected chi connectivity index (χ4v) is 3.91. The SMILES string of the molecule is CC1CCN(C(=O)c2n[nH]c3c2CNCC3)C1c1cccc(F)c1.Cl. The van der Waals surface area contributed by atoms with Crippen molar-refractivity contribution in [2.75, 3.05) is 13.1 Å². The number of hydrogen-bond donors (Lipinski definition) is 2. The first-order valence-electron chi connectivity index (χ1n) is 8.48. The van der Waals surface area contributed by atoms with Crippen molar-refractivity contribution < 1.29 is 9.18 Å². The van der Waals surface area contributed by atoms with Gasteiger partial charge < -0.3 is 10.2 Å². The average Bonchev–Trinajstić information content (AvgIpc) is 3.18. The Bertz CT molecular complexity index is 778. The molecule has 3 heterocycles. The van der Waals surface area contributed by atoms with E-state index in [0.717, 1.165) is 36.2 Å². The number of hydrogen-bond acceptors (Lipinski definition) is 3. The third-order valence-electron chi connectivity index (χ3n) is 5.16. The highest BCUT2D eigenvalue weighted by Crippen LogP contribution is 2.38. The number of amides is 1. The van der Waals surface area contributed by atoms with E-state index in [1.807, 2.05) is 11.0 Å². The van der Waals surface area contributed by atoms with E-state index in [1.165, 1.54) is 12.1 Å². The van der Waals surface area contributed by atoms with Gasteiger partial charge in [0.05, 0.1) is 6.04 Å². The molecule has 2 unspecified atom stereocenters. The van der Waals surface area contributed by atoms with Crippen LogP contribution in [0.15, 0.2) is 24.3 Å². The molecular weight excluding hydrogens is 343 g/mol. The Morgan fingerprint density at radius 3 is 3.04 bits per heavy atom. The zero-order valence-corrected chi connectivity index (χ0v) is 14.9. The number of rotatable bonds is 2. The Balaban J connectivity index is 0.00000182. The number of nitrogens with zero attached hydrogens (tertiary/aromatic N) is 2. The van der Waals surface area contributed by atoms with Crippen LogP contribution >= 0.6 is 12.4 Å². The van der Waals surface area contributed by atoms with E-state index >= 15 is 0 Å². The van der Waals surface area contributed by atoms with Gasteiger partial charge >= 0.3 is 0 Å². The van der Waals surface area contributed by atoms with Crippen molar-refractivity contribution in [3.05, 3.63) is 52.6 Å². The lowest BCUT2D eigenvalue weighted by Gasteiger charge is -2.27. The summed E-state index contributed by atoms with van der Waals surface area (Å²) in [5, 5.41) is 10.6. The molecule has 25 heavy (non-hydrogen) atoms. The zero-order valence-electron chi connectivity index (χ0n) is 14.1. The van der Waals surface area contributed by atoms with Crippen LogP contribution < -0.4 is 5.32 Å². The van der Waals surface area contributed by atoms with E-state index in [4.69, 9.17) is 0 Å². The van der Waals surface area contributed by atoms with Gasteiger partial charge in [-0.1, -0.05) is 19.1 Å². The van der Waals surface area contributed by atoms with Crippen LogP contribution in [0.5, 0.6) is 0 Å². The number of nitrogens with one attached hydrogen (secondary N) is 2. The van der Waals surface area contributed by atoms with E-state index < -0.39 is 0 Å². The molecule has 0 aliphatic carbocycles. The molecule has 1 amide bonds. The minimum atomic E-state index is -0.264. The summed E-state index contributed by atoms with van der Waals surface area (Å²) in [5.74, 6) is -0.0289. The van der Waals surface area contributed by atoms with E-state index in [9.17, 15) is 9.18 Å². The average molecular weight is 365 g/mol. The van der Waals surface area contributed by atoms with Gasteiger partial charge in [0, 0.05) is 37.3 Å². The molecule has 1 fully saturated rings. The first-order valence-corrected chi connectivity index (χ1v) is 8.48. The lowest BCUT2D eigenvalue weighted by atomic mass is 9.95. The topological polar surface area (TPSA) is 61.0 Å². The van der Waals surface area contributed by atoms with Crippen molar-refractivity contribution in [2.45, 2.75) is 32.4 Å². The summed E-state index contributed by atoms with van der Waals surface area (Å²) in [7, 11) is 0. The summed E-state index contributed by atoms with van der Waals surface area (Å²) < 4.78 is 13.6. The molecule has 2 N–H and O–H groups in total. The molecule has 0 spiro atoms. The molecule has 4 rings (SSSR count). The number of fused-ring (bicyclic) bond motifs is 1. The van der Waals surface area contributed by atoms with Crippen molar-refractivity contribution in [3.8, 4) is 0 Å². The number of benzene rings is 1. The van der Waals surface area contributed by atoms with Crippen LogP contribution in [0.2, 0.25) is 0 Å². The van der Waals surface area contributed by atoms with E-state index in [0.29, 0.717) is 24.7 Å². The molecule has 1 aromatic heterocycles. The monoisotopic (exact) mass is 364 g/mol. The molecule has 0 saturated carbocycles. The highest BCUT2D eigenvalue weighted by atomic mass is 35.5. The number of halogens is 2.